The van der Waals surface area contributed by atoms with Gasteiger partial charge in [0.15, 0.2) is 0 Å². The normalized spacial score (nSPS) is 12.6. The maximum Gasteiger partial charge on any atom is 0.310 e. The van der Waals surface area contributed by atoms with E-state index >= 15 is 0 Å². The molecule has 2 N–H and O–H groups in total. The van der Waals surface area contributed by atoms with Crippen LogP contribution in [0.2, 0.25) is 5.02 Å². The van der Waals surface area contributed by atoms with E-state index in [1.165, 1.54) is 0 Å². The van der Waals surface area contributed by atoms with Crippen LogP contribution in [0.4, 0.5) is 0 Å². The van der Waals surface area contributed by atoms with Gasteiger partial charge in [-0.1, -0.05) is 48.0 Å². The van der Waals surface area contributed by atoms with E-state index in [0.717, 1.165) is 16.7 Å². The number of carboxylic acid groups (broad SMARTS) is 1. The van der Waals surface area contributed by atoms with Gasteiger partial charge in [-0.15, -0.1) is 0 Å². The number of carbonyl (C=O) groups excluding carboxylic acids is 2. The highest BCUT2D eigenvalue weighted by Crippen LogP contribution is 2.24. The fraction of sp³-hybridized carbons (Fsp3) is 0.348. The van der Waals surface area contributed by atoms with Crippen LogP contribution in [0, 0.1) is 5.92 Å². The van der Waals surface area contributed by atoms with Crippen LogP contribution in [0.5, 0.6) is 0 Å². The van der Waals surface area contributed by atoms with Gasteiger partial charge in [-0.2, -0.15) is 0 Å². The lowest BCUT2D eigenvalue weighted by Crippen LogP contribution is -2.44. The summed E-state index contributed by atoms with van der Waals surface area (Å²) in [4.78, 5) is 35.1. The molecule has 0 saturated heterocycles. The van der Waals surface area contributed by atoms with Crippen molar-refractivity contribution >= 4 is 29.4 Å². The first-order valence-electron chi connectivity index (χ1n) is 9.82. The van der Waals surface area contributed by atoms with Crippen molar-refractivity contribution in [2.45, 2.75) is 39.2 Å². The third-order valence-corrected chi connectivity index (χ3v) is 4.98. The van der Waals surface area contributed by atoms with E-state index in [1.54, 1.807) is 13.8 Å². The fourth-order valence-corrected chi connectivity index (χ4v) is 3.24. The molecular weight excluding hydrogens is 406 g/mol. The fourth-order valence-electron chi connectivity index (χ4n) is 3.05. The highest BCUT2D eigenvalue weighted by Gasteiger charge is 2.27. The minimum Gasteiger partial charge on any atom is -0.481 e. The monoisotopic (exact) mass is 431 g/mol. The maximum atomic E-state index is 12.2. The molecule has 0 aliphatic rings. The first-order chi connectivity index (χ1) is 14.3. The molecule has 0 bridgehead atoms. The molecule has 6 nitrogen and oxygen atoms in total. The van der Waals surface area contributed by atoms with Gasteiger partial charge in [-0.25, -0.2) is 0 Å². The van der Waals surface area contributed by atoms with E-state index in [1.807, 2.05) is 48.5 Å². The largest absolute Gasteiger partial charge is 0.481 e. The highest BCUT2D eigenvalue weighted by molar-refractivity contribution is 6.30. The number of esters is 1. The van der Waals surface area contributed by atoms with Gasteiger partial charge in [0.05, 0.1) is 18.9 Å². The van der Waals surface area contributed by atoms with E-state index in [-0.39, 0.29) is 19.4 Å². The molecule has 0 fully saturated rings. The summed E-state index contributed by atoms with van der Waals surface area (Å²) in [6, 6.07) is 14.8. The Morgan fingerprint density at radius 2 is 1.77 bits per heavy atom. The van der Waals surface area contributed by atoms with Gasteiger partial charge < -0.3 is 15.2 Å². The first-order valence-corrected chi connectivity index (χ1v) is 10.2. The smallest absolute Gasteiger partial charge is 0.310 e. The Morgan fingerprint density at radius 3 is 2.37 bits per heavy atom. The summed E-state index contributed by atoms with van der Waals surface area (Å²) >= 11 is 6.06. The Bertz CT molecular complexity index is 881. The van der Waals surface area contributed by atoms with Crippen LogP contribution in [0.25, 0.3) is 11.1 Å². The second-order valence-corrected chi connectivity index (χ2v) is 7.46. The predicted octanol–water partition coefficient (Wildman–Crippen LogP) is 4.10. The van der Waals surface area contributed by atoms with E-state index < -0.39 is 29.8 Å². The number of carbonyl (C=O) groups is 3. The molecule has 0 saturated carbocycles. The number of aliphatic carboxylic acids is 1. The molecule has 0 aliphatic carbocycles. The van der Waals surface area contributed by atoms with Gasteiger partial charge in [0.1, 0.15) is 0 Å². The van der Waals surface area contributed by atoms with Crippen LogP contribution in [-0.4, -0.2) is 35.6 Å². The van der Waals surface area contributed by atoms with Crippen molar-refractivity contribution in [2.75, 3.05) is 6.61 Å². The van der Waals surface area contributed by atoms with Gasteiger partial charge in [0.2, 0.25) is 5.91 Å². The summed E-state index contributed by atoms with van der Waals surface area (Å²) in [6.07, 6.45) is 0.00434. The van der Waals surface area contributed by atoms with Crippen molar-refractivity contribution < 1.29 is 24.2 Å². The van der Waals surface area contributed by atoms with Crippen LogP contribution >= 0.6 is 11.6 Å². The molecule has 30 heavy (non-hydrogen) atoms. The van der Waals surface area contributed by atoms with Crippen molar-refractivity contribution in [1.29, 1.82) is 0 Å². The third kappa shape index (κ3) is 7.19. The first kappa shape index (κ1) is 23.4. The number of hydrogen-bond donors (Lipinski definition) is 2. The lowest BCUT2D eigenvalue weighted by Gasteiger charge is -2.24. The zero-order chi connectivity index (χ0) is 22.1. The van der Waals surface area contributed by atoms with Gasteiger partial charge in [-0.3, -0.25) is 14.4 Å². The van der Waals surface area contributed by atoms with Gasteiger partial charge in [0, 0.05) is 17.5 Å². The van der Waals surface area contributed by atoms with Crippen molar-refractivity contribution in [3.8, 4) is 11.1 Å². The van der Waals surface area contributed by atoms with Gasteiger partial charge in [-0.05, 0) is 49.1 Å². The summed E-state index contributed by atoms with van der Waals surface area (Å²) in [5, 5.41) is 12.2. The molecule has 2 aromatic rings. The summed E-state index contributed by atoms with van der Waals surface area (Å²) in [5.41, 5.74) is 2.93. The van der Waals surface area contributed by atoms with Crippen LogP contribution < -0.4 is 5.32 Å². The Kier molecular flexibility index (Phi) is 8.87. The topological polar surface area (TPSA) is 92.7 Å². The molecule has 0 aromatic heterocycles. The number of nitrogens with one attached hydrogen (secondary N) is 1. The van der Waals surface area contributed by atoms with Crippen LogP contribution in [0.15, 0.2) is 48.5 Å². The number of rotatable bonds is 10. The Hall–Kier alpha value is -2.86. The highest BCUT2D eigenvalue weighted by atomic mass is 35.5. The zero-order valence-electron chi connectivity index (χ0n) is 17.1. The molecule has 0 heterocycles. The van der Waals surface area contributed by atoms with Crippen molar-refractivity contribution in [3.63, 3.8) is 0 Å². The molecule has 160 valence electrons. The summed E-state index contributed by atoms with van der Waals surface area (Å²) in [6.45, 7) is 3.66. The zero-order valence-corrected chi connectivity index (χ0v) is 17.8. The Morgan fingerprint density at radius 1 is 1.07 bits per heavy atom. The molecule has 7 heteroatoms. The molecule has 1 unspecified atom stereocenters. The standard InChI is InChI=1S/C23H26ClNO5/c1-3-30-23(29)15(2)20(25-21(26)11-12-22(27)28)13-16-7-9-17(10-8-16)18-5-4-6-19(24)14-18/h4-10,14-15,20H,3,11-13H2,1-2H3,(H,25,26)(H,27,28)/t15-,20?/m1/s1. The van der Waals surface area contributed by atoms with Gasteiger partial charge in [0.25, 0.3) is 0 Å². The predicted molar refractivity (Wildman–Crippen MR) is 115 cm³/mol. The number of amides is 1. The van der Waals surface area contributed by atoms with Crippen LogP contribution in [0.1, 0.15) is 32.3 Å². The van der Waals surface area contributed by atoms with E-state index in [9.17, 15) is 14.4 Å². The molecule has 0 aliphatic heterocycles. The third-order valence-electron chi connectivity index (χ3n) is 4.74. The number of halogens is 1. The maximum absolute atomic E-state index is 12.2. The average molecular weight is 432 g/mol. The number of ether oxygens (including phenoxy) is 1. The van der Waals surface area contributed by atoms with Crippen molar-refractivity contribution in [1.82, 2.24) is 5.32 Å². The Labute approximate surface area is 181 Å². The Balaban J connectivity index is 2.14. The van der Waals surface area contributed by atoms with E-state index in [0.29, 0.717) is 11.4 Å². The minimum atomic E-state index is -1.04. The molecule has 0 radical (unpaired) electrons. The van der Waals surface area contributed by atoms with E-state index in [2.05, 4.69) is 5.32 Å². The second kappa shape index (κ2) is 11.4. The minimum absolute atomic E-state index is 0.144. The van der Waals surface area contributed by atoms with Crippen molar-refractivity contribution in [3.05, 3.63) is 59.1 Å². The van der Waals surface area contributed by atoms with E-state index in [4.69, 9.17) is 21.4 Å². The molecule has 2 atom stereocenters. The van der Waals surface area contributed by atoms with Crippen LogP contribution in [-0.2, 0) is 25.5 Å². The molecular formula is C23H26ClNO5. The van der Waals surface area contributed by atoms with Gasteiger partial charge >= 0.3 is 11.9 Å². The lowest BCUT2D eigenvalue weighted by molar-refractivity contribution is -0.148. The number of hydrogen-bond acceptors (Lipinski definition) is 4. The summed E-state index contributed by atoms with van der Waals surface area (Å²) in [7, 11) is 0. The molecule has 2 aromatic carbocycles. The molecule has 2 rings (SSSR count). The van der Waals surface area contributed by atoms with Crippen LogP contribution in [0.3, 0.4) is 0 Å². The quantitative estimate of drug-likeness (QED) is 0.552. The average Bonchev–Trinajstić information content (AvgIpc) is 2.72. The number of carboxylic acids is 1. The molecule has 1 amide bonds. The van der Waals surface area contributed by atoms with Crippen molar-refractivity contribution in [2.24, 2.45) is 5.92 Å². The summed E-state index contributed by atoms with van der Waals surface area (Å²) < 4.78 is 5.09. The lowest BCUT2D eigenvalue weighted by atomic mass is 9.93. The number of benzene rings is 2. The second-order valence-electron chi connectivity index (χ2n) is 7.02. The molecule has 0 spiro atoms. The SMILES string of the molecule is CCOC(=O)[C@H](C)C(Cc1ccc(-c2cccc(Cl)c2)cc1)NC(=O)CCC(=O)O. The summed E-state index contributed by atoms with van der Waals surface area (Å²) in [5.74, 6) is -2.44.